The Kier molecular flexibility index (Phi) is 7.59. The van der Waals surface area contributed by atoms with Crippen molar-refractivity contribution >= 4 is 29.9 Å². The number of aryl methyl sites for hydroxylation is 1. The van der Waals surface area contributed by atoms with Gasteiger partial charge in [-0.3, -0.25) is 9.98 Å². The summed E-state index contributed by atoms with van der Waals surface area (Å²) in [6.07, 6.45) is 5.61. The van der Waals surface area contributed by atoms with Crippen LogP contribution >= 0.6 is 24.0 Å². The maximum atomic E-state index is 4.45. The summed E-state index contributed by atoms with van der Waals surface area (Å²) in [6.45, 7) is 9.66. The van der Waals surface area contributed by atoms with E-state index >= 15 is 0 Å². The SMILES string of the molecule is CCC1(CC)CCN(C(=NC)NCc2ncccc2C)C1.I. The molecule has 0 amide bonds. The molecule has 0 aromatic carbocycles. The lowest BCUT2D eigenvalue weighted by Gasteiger charge is -2.28. The molecule has 0 radical (unpaired) electrons. The van der Waals surface area contributed by atoms with Gasteiger partial charge in [-0.1, -0.05) is 19.9 Å². The smallest absolute Gasteiger partial charge is 0.193 e. The third-order valence-corrected chi connectivity index (χ3v) is 4.98. The highest BCUT2D eigenvalue weighted by atomic mass is 127. The van der Waals surface area contributed by atoms with Crippen molar-refractivity contribution in [2.75, 3.05) is 20.1 Å². The highest BCUT2D eigenvalue weighted by molar-refractivity contribution is 14.0. The number of pyridine rings is 1. The summed E-state index contributed by atoms with van der Waals surface area (Å²) in [5.41, 5.74) is 2.78. The van der Waals surface area contributed by atoms with Crippen molar-refractivity contribution < 1.29 is 0 Å². The topological polar surface area (TPSA) is 40.5 Å². The summed E-state index contributed by atoms with van der Waals surface area (Å²) in [7, 11) is 1.87. The minimum Gasteiger partial charge on any atom is -0.351 e. The summed E-state index contributed by atoms with van der Waals surface area (Å²) in [5, 5.41) is 3.47. The van der Waals surface area contributed by atoms with Crippen molar-refractivity contribution in [2.24, 2.45) is 10.4 Å². The van der Waals surface area contributed by atoms with Crippen LogP contribution in [0.15, 0.2) is 23.3 Å². The van der Waals surface area contributed by atoms with Gasteiger partial charge >= 0.3 is 0 Å². The van der Waals surface area contributed by atoms with Crippen LogP contribution in [0, 0.1) is 12.3 Å². The molecule has 1 aromatic heterocycles. The molecule has 0 aliphatic carbocycles. The Morgan fingerprint density at radius 2 is 2.14 bits per heavy atom. The average molecular weight is 416 g/mol. The molecular formula is C17H29IN4. The van der Waals surface area contributed by atoms with Gasteiger partial charge < -0.3 is 10.2 Å². The molecule has 0 saturated carbocycles. The Morgan fingerprint density at radius 1 is 1.41 bits per heavy atom. The fourth-order valence-corrected chi connectivity index (χ4v) is 3.14. The van der Waals surface area contributed by atoms with Gasteiger partial charge in [-0.2, -0.15) is 0 Å². The fraction of sp³-hybridized carbons (Fsp3) is 0.647. The van der Waals surface area contributed by atoms with Crippen LogP contribution in [0.1, 0.15) is 44.4 Å². The molecule has 0 atom stereocenters. The predicted molar refractivity (Wildman–Crippen MR) is 104 cm³/mol. The number of nitrogens with one attached hydrogen (secondary N) is 1. The van der Waals surface area contributed by atoms with Crippen molar-refractivity contribution in [1.29, 1.82) is 0 Å². The summed E-state index contributed by atoms with van der Waals surface area (Å²) in [4.78, 5) is 11.3. The molecule has 5 heteroatoms. The Morgan fingerprint density at radius 3 is 2.68 bits per heavy atom. The third kappa shape index (κ3) is 4.33. The number of likely N-dealkylation sites (tertiary alicyclic amines) is 1. The predicted octanol–water partition coefficient (Wildman–Crippen LogP) is 3.60. The van der Waals surface area contributed by atoms with E-state index in [9.17, 15) is 0 Å². The van der Waals surface area contributed by atoms with Crippen LogP contribution in [0.4, 0.5) is 0 Å². The van der Waals surface area contributed by atoms with E-state index in [2.05, 4.69) is 47.0 Å². The summed E-state index contributed by atoms with van der Waals surface area (Å²) in [6, 6.07) is 4.08. The van der Waals surface area contributed by atoms with E-state index in [-0.39, 0.29) is 24.0 Å². The Bertz CT molecular complexity index is 497. The van der Waals surface area contributed by atoms with Crippen LogP contribution in [0.3, 0.4) is 0 Å². The Labute approximate surface area is 151 Å². The van der Waals surface area contributed by atoms with E-state index in [0.29, 0.717) is 5.41 Å². The summed E-state index contributed by atoms with van der Waals surface area (Å²) >= 11 is 0. The number of aromatic nitrogens is 1. The first kappa shape index (κ1) is 19.2. The van der Waals surface area contributed by atoms with Crippen LogP contribution in [-0.2, 0) is 6.54 Å². The highest BCUT2D eigenvalue weighted by Crippen LogP contribution is 2.36. The molecule has 1 N–H and O–H groups in total. The van der Waals surface area contributed by atoms with Crippen LogP contribution in [-0.4, -0.2) is 36.0 Å². The number of hydrogen-bond acceptors (Lipinski definition) is 2. The van der Waals surface area contributed by atoms with Gasteiger partial charge in [-0.05, 0) is 43.2 Å². The molecule has 2 rings (SSSR count). The van der Waals surface area contributed by atoms with Crippen molar-refractivity contribution in [1.82, 2.24) is 15.2 Å². The van der Waals surface area contributed by atoms with E-state index in [4.69, 9.17) is 0 Å². The van der Waals surface area contributed by atoms with E-state index in [1.54, 1.807) is 0 Å². The molecule has 0 spiro atoms. The molecular weight excluding hydrogens is 387 g/mol. The molecule has 2 heterocycles. The van der Waals surface area contributed by atoms with E-state index in [1.807, 2.05) is 19.3 Å². The second-order valence-corrected chi connectivity index (χ2v) is 6.05. The van der Waals surface area contributed by atoms with Crippen molar-refractivity contribution in [3.05, 3.63) is 29.6 Å². The van der Waals surface area contributed by atoms with Crippen LogP contribution in [0.2, 0.25) is 0 Å². The van der Waals surface area contributed by atoms with Gasteiger partial charge in [0, 0.05) is 26.3 Å². The fourth-order valence-electron chi connectivity index (χ4n) is 3.14. The second-order valence-electron chi connectivity index (χ2n) is 6.05. The molecule has 0 unspecified atom stereocenters. The zero-order valence-electron chi connectivity index (χ0n) is 14.2. The first-order valence-electron chi connectivity index (χ1n) is 8.00. The molecule has 22 heavy (non-hydrogen) atoms. The van der Waals surface area contributed by atoms with Gasteiger partial charge in [0.1, 0.15) is 0 Å². The molecule has 1 aliphatic heterocycles. The van der Waals surface area contributed by atoms with Crippen LogP contribution in [0.25, 0.3) is 0 Å². The Hall–Kier alpha value is -0.850. The lowest BCUT2D eigenvalue weighted by atomic mass is 9.82. The molecule has 1 saturated heterocycles. The number of hydrogen-bond donors (Lipinski definition) is 1. The molecule has 1 fully saturated rings. The summed E-state index contributed by atoms with van der Waals surface area (Å²) in [5.74, 6) is 1.00. The van der Waals surface area contributed by atoms with E-state index < -0.39 is 0 Å². The largest absolute Gasteiger partial charge is 0.351 e. The standard InChI is InChI=1S/C17H28N4.HI/c1-5-17(6-2)9-11-21(13-17)16(18-4)20-12-15-14(3)8-7-10-19-15;/h7-8,10H,5-6,9,11-13H2,1-4H3,(H,18,20);1H. The molecule has 1 aliphatic rings. The van der Waals surface area contributed by atoms with Crippen LogP contribution < -0.4 is 5.32 Å². The zero-order chi connectivity index (χ0) is 15.3. The summed E-state index contributed by atoms with van der Waals surface area (Å²) < 4.78 is 0. The molecule has 0 bridgehead atoms. The van der Waals surface area contributed by atoms with E-state index in [1.165, 1.54) is 24.8 Å². The molecule has 1 aromatic rings. The maximum Gasteiger partial charge on any atom is 0.193 e. The van der Waals surface area contributed by atoms with E-state index in [0.717, 1.165) is 31.3 Å². The van der Waals surface area contributed by atoms with Gasteiger partial charge in [0.25, 0.3) is 0 Å². The number of rotatable bonds is 4. The molecule has 4 nitrogen and oxygen atoms in total. The normalized spacial score (nSPS) is 17.3. The highest BCUT2D eigenvalue weighted by Gasteiger charge is 2.36. The minimum atomic E-state index is 0. The van der Waals surface area contributed by atoms with Gasteiger partial charge in [-0.25, -0.2) is 0 Å². The van der Waals surface area contributed by atoms with Crippen molar-refractivity contribution in [2.45, 2.75) is 46.6 Å². The number of guanidine groups is 1. The Balaban J connectivity index is 0.00000242. The van der Waals surface area contributed by atoms with Crippen LogP contribution in [0.5, 0.6) is 0 Å². The van der Waals surface area contributed by atoms with Gasteiger partial charge in [-0.15, -0.1) is 24.0 Å². The first-order valence-corrected chi connectivity index (χ1v) is 8.00. The second kappa shape index (κ2) is 8.70. The van der Waals surface area contributed by atoms with Gasteiger partial charge in [0.15, 0.2) is 5.96 Å². The number of aliphatic imine (C=N–C) groups is 1. The van der Waals surface area contributed by atoms with Crippen molar-refractivity contribution in [3.63, 3.8) is 0 Å². The first-order chi connectivity index (χ1) is 10.1. The van der Waals surface area contributed by atoms with Gasteiger partial charge in [0.2, 0.25) is 0 Å². The molecule has 124 valence electrons. The lowest BCUT2D eigenvalue weighted by molar-refractivity contribution is 0.276. The number of nitrogens with zero attached hydrogens (tertiary/aromatic N) is 3. The number of halogens is 1. The zero-order valence-corrected chi connectivity index (χ0v) is 16.6. The quantitative estimate of drug-likeness (QED) is 0.463. The maximum absolute atomic E-state index is 4.45. The third-order valence-electron chi connectivity index (χ3n) is 4.98. The van der Waals surface area contributed by atoms with Crippen molar-refractivity contribution in [3.8, 4) is 0 Å². The minimum absolute atomic E-state index is 0. The average Bonchev–Trinajstić information content (AvgIpc) is 2.95. The lowest BCUT2D eigenvalue weighted by Crippen LogP contribution is -2.41. The van der Waals surface area contributed by atoms with Gasteiger partial charge in [0.05, 0.1) is 12.2 Å². The monoisotopic (exact) mass is 416 g/mol.